The molecule has 0 aromatic heterocycles. The van der Waals surface area contributed by atoms with E-state index in [1.165, 1.54) is 57.8 Å². The van der Waals surface area contributed by atoms with Crippen molar-refractivity contribution in [2.75, 3.05) is 6.54 Å². The predicted octanol–water partition coefficient (Wildman–Crippen LogP) is 7.52. The fourth-order valence-electron chi connectivity index (χ4n) is 3.82. The maximum atomic E-state index is 12.4. The van der Waals surface area contributed by atoms with Gasteiger partial charge >= 0.3 is 0 Å². The second-order valence-electron chi connectivity index (χ2n) is 8.04. The lowest BCUT2D eigenvalue weighted by Crippen LogP contribution is -2.28. The Morgan fingerprint density at radius 1 is 0.857 bits per heavy atom. The second kappa shape index (κ2) is 14.9. The van der Waals surface area contributed by atoms with Crippen LogP contribution in [0.2, 0.25) is 0 Å². The molecule has 1 N–H and O–H groups in total. The van der Waals surface area contributed by atoms with E-state index in [4.69, 9.17) is 11.6 Å². The molecule has 0 unspecified atom stereocenters. The van der Waals surface area contributed by atoms with Gasteiger partial charge in [-0.3, -0.25) is 4.79 Å². The number of rotatable bonds is 16. The molecule has 160 valence electrons. The van der Waals surface area contributed by atoms with Crippen molar-refractivity contribution in [2.45, 2.75) is 109 Å². The van der Waals surface area contributed by atoms with Crippen molar-refractivity contribution in [3.05, 3.63) is 35.4 Å². The molecular formula is C25H42ClNO. The minimum absolute atomic E-state index is 0.106. The van der Waals surface area contributed by atoms with Gasteiger partial charge in [-0.1, -0.05) is 103 Å². The molecule has 0 heterocycles. The van der Waals surface area contributed by atoms with Crippen molar-refractivity contribution in [3.8, 4) is 0 Å². The van der Waals surface area contributed by atoms with Gasteiger partial charge in [0.1, 0.15) is 0 Å². The Bertz CT molecular complexity index is 539. The molecule has 1 aromatic carbocycles. The average Bonchev–Trinajstić information content (AvgIpc) is 2.72. The molecule has 3 heteroatoms. The molecule has 0 spiro atoms. The van der Waals surface area contributed by atoms with Crippen LogP contribution in [0, 0.1) is 0 Å². The monoisotopic (exact) mass is 407 g/mol. The summed E-state index contributed by atoms with van der Waals surface area (Å²) in [5, 5.41) is 3.09. The van der Waals surface area contributed by atoms with Gasteiger partial charge in [0.2, 0.25) is 5.91 Å². The number of carbonyl (C=O) groups excluding carboxylic acids is 1. The van der Waals surface area contributed by atoms with E-state index in [0.717, 1.165) is 36.9 Å². The van der Waals surface area contributed by atoms with Gasteiger partial charge < -0.3 is 5.32 Å². The van der Waals surface area contributed by atoms with Crippen molar-refractivity contribution in [3.63, 3.8) is 0 Å². The number of amides is 1. The Hall–Kier alpha value is -1.02. The van der Waals surface area contributed by atoms with Gasteiger partial charge in [-0.25, -0.2) is 0 Å². The normalized spacial score (nSPS) is 11.6. The molecule has 0 bridgehead atoms. The third-order valence-electron chi connectivity index (χ3n) is 5.82. The van der Waals surface area contributed by atoms with E-state index in [2.05, 4.69) is 32.2 Å². The van der Waals surface area contributed by atoms with Crippen LogP contribution in [0.15, 0.2) is 24.3 Å². The van der Waals surface area contributed by atoms with Crippen LogP contribution in [-0.2, 0) is 16.1 Å². The number of halogens is 1. The summed E-state index contributed by atoms with van der Waals surface area (Å²) >= 11 is 6.81. The number of benzene rings is 1. The number of carbonyl (C=O) groups is 1. The molecule has 0 radical (unpaired) electrons. The fraction of sp³-hybridized carbons (Fsp3) is 0.720. The first-order valence-corrected chi connectivity index (χ1v) is 12.0. The maximum absolute atomic E-state index is 12.4. The lowest BCUT2D eigenvalue weighted by molar-refractivity contribution is -0.120. The SMILES string of the molecule is CCCCCCCCCCCCNC(=O)Cc1ccccc1C(Cl)(CC)CC. The summed E-state index contributed by atoms with van der Waals surface area (Å²) < 4.78 is 0. The molecule has 0 saturated carbocycles. The Kier molecular flexibility index (Phi) is 13.3. The van der Waals surface area contributed by atoms with E-state index in [1.807, 2.05) is 18.2 Å². The van der Waals surface area contributed by atoms with Crippen LogP contribution >= 0.6 is 11.6 Å². The van der Waals surface area contributed by atoms with E-state index >= 15 is 0 Å². The van der Waals surface area contributed by atoms with Crippen molar-refractivity contribution >= 4 is 17.5 Å². The highest BCUT2D eigenvalue weighted by Gasteiger charge is 2.28. The lowest BCUT2D eigenvalue weighted by atomic mass is 9.88. The number of nitrogens with one attached hydrogen (secondary N) is 1. The highest BCUT2D eigenvalue weighted by Crippen LogP contribution is 2.38. The molecule has 1 rings (SSSR count). The maximum Gasteiger partial charge on any atom is 0.224 e. The quantitative estimate of drug-likeness (QED) is 0.223. The first-order valence-electron chi connectivity index (χ1n) is 11.6. The summed E-state index contributed by atoms with van der Waals surface area (Å²) in [4.78, 5) is 12.0. The third kappa shape index (κ3) is 9.45. The molecule has 0 aliphatic heterocycles. The van der Waals surface area contributed by atoms with E-state index in [1.54, 1.807) is 0 Å². The molecule has 2 nitrogen and oxygen atoms in total. The van der Waals surface area contributed by atoms with Gasteiger partial charge in [0.25, 0.3) is 0 Å². The van der Waals surface area contributed by atoms with Crippen molar-refractivity contribution < 1.29 is 4.79 Å². The van der Waals surface area contributed by atoms with Crippen LogP contribution in [0.5, 0.6) is 0 Å². The summed E-state index contributed by atoms with van der Waals surface area (Å²) in [6.07, 6.45) is 15.3. The molecule has 0 aliphatic carbocycles. The number of alkyl halides is 1. The first kappa shape index (κ1) is 25.0. The summed E-state index contributed by atoms with van der Waals surface area (Å²) in [6, 6.07) is 8.13. The summed E-state index contributed by atoms with van der Waals surface area (Å²) in [5.41, 5.74) is 2.16. The zero-order chi connectivity index (χ0) is 20.7. The summed E-state index contributed by atoms with van der Waals surface area (Å²) in [5.74, 6) is 0.106. The van der Waals surface area contributed by atoms with Crippen molar-refractivity contribution in [1.82, 2.24) is 5.32 Å². The molecule has 28 heavy (non-hydrogen) atoms. The van der Waals surface area contributed by atoms with Gasteiger partial charge in [0, 0.05) is 6.54 Å². The molecule has 0 atom stereocenters. The van der Waals surface area contributed by atoms with Crippen LogP contribution in [0.1, 0.15) is 109 Å². The van der Waals surface area contributed by atoms with Crippen LogP contribution < -0.4 is 5.32 Å². The molecular weight excluding hydrogens is 366 g/mol. The van der Waals surface area contributed by atoms with E-state index in [9.17, 15) is 4.79 Å². The van der Waals surface area contributed by atoms with Gasteiger partial charge in [-0.2, -0.15) is 0 Å². The Labute approximate surface area is 178 Å². The molecule has 0 saturated heterocycles. The molecule has 0 fully saturated rings. The Morgan fingerprint density at radius 2 is 1.39 bits per heavy atom. The Morgan fingerprint density at radius 3 is 1.96 bits per heavy atom. The fourth-order valence-corrected chi connectivity index (χ4v) is 4.00. The molecule has 0 aliphatic rings. The van der Waals surface area contributed by atoms with Crippen LogP contribution in [0.3, 0.4) is 0 Å². The van der Waals surface area contributed by atoms with Crippen LogP contribution in [0.25, 0.3) is 0 Å². The van der Waals surface area contributed by atoms with E-state index in [0.29, 0.717) is 6.42 Å². The standard InChI is InChI=1S/C25H42ClNO/c1-4-7-8-9-10-11-12-13-14-17-20-27-24(28)21-22-18-15-16-19-23(22)25(26,5-2)6-3/h15-16,18-19H,4-14,17,20-21H2,1-3H3,(H,27,28). The second-order valence-corrected chi connectivity index (χ2v) is 8.76. The highest BCUT2D eigenvalue weighted by atomic mass is 35.5. The molecule has 1 aromatic rings. The number of unbranched alkanes of at least 4 members (excludes halogenated alkanes) is 9. The minimum Gasteiger partial charge on any atom is -0.356 e. The lowest BCUT2D eigenvalue weighted by Gasteiger charge is -2.27. The Balaban J connectivity index is 2.23. The third-order valence-corrected chi connectivity index (χ3v) is 6.56. The average molecular weight is 408 g/mol. The van der Waals surface area contributed by atoms with Crippen molar-refractivity contribution in [2.24, 2.45) is 0 Å². The largest absolute Gasteiger partial charge is 0.356 e. The van der Waals surface area contributed by atoms with Gasteiger partial charge in [0.15, 0.2) is 0 Å². The topological polar surface area (TPSA) is 29.1 Å². The zero-order valence-electron chi connectivity index (χ0n) is 18.5. The smallest absolute Gasteiger partial charge is 0.224 e. The number of hydrogen-bond donors (Lipinski definition) is 1. The van der Waals surface area contributed by atoms with Crippen LogP contribution in [-0.4, -0.2) is 12.5 Å². The zero-order valence-corrected chi connectivity index (χ0v) is 19.3. The molecule has 1 amide bonds. The van der Waals surface area contributed by atoms with E-state index < -0.39 is 0 Å². The summed E-state index contributed by atoms with van der Waals surface area (Å²) in [7, 11) is 0. The highest BCUT2D eigenvalue weighted by molar-refractivity contribution is 6.24. The first-order chi connectivity index (χ1) is 13.6. The van der Waals surface area contributed by atoms with Crippen LogP contribution in [0.4, 0.5) is 0 Å². The van der Waals surface area contributed by atoms with E-state index in [-0.39, 0.29) is 10.8 Å². The van der Waals surface area contributed by atoms with Gasteiger partial charge in [-0.15, -0.1) is 11.6 Å². The number of hydrogen-bond acceptors (Lipinski definition) is 1. The van der Waals surface area contributed by atoms with Gasteiger partial charge in [-0.05, 0) is 30.4 Å². The predicted molar refractivity (Wildman–Crippen MR) is 123 cm³/mol. The summed E-state index contributed by atoms with van der Waals surface area (Å²) in [6.45, 7) is 7.27. The van der Waals surface area contributed by atoms with Crippen molar-refractivity contribution in [1.29, 1.82) is 0 Å². The minimum atomic E-state index is -0.368. The van der Waals surface area contributed by atoms with Gasteiger partial charge in [0.05, 0.1) is 11.3 Å².